The van der Waals surface area contributed by atoms with Crippen LogP contribution in [0.3, 0.4) is 0 Å². The van der Waals surface area contributed by atoms with Crippen LogP contribution in [0.5, 0.6) is 0 Å². The number of hydrogen-bond acceptors (Lipinski definition) is 5. The maximum atomic E-state index is 11.7. The van der Waals surface area contributed by atoms with Crippen molar-refractivity contribution in [1.82, 2.24) is 25.5 Å². The lowest BCUT2D eigenvalue weighted by Crippen LogP contribution is -2.29. The highest BCUT2D eigenvalue weighted by molar-refractivity contribution is 7.09. The fraction of sp³-hybridized carbons (Fsp3) is 0.333. The third-order valence-electron chi connectivity index (χ3n) is 2.16. The molecule has 0 bridgehead atoms. The van der Waals surface area contributed by atoms with Crippen LogP contribution in [0.15, 0.2) is 17.5 Å². The van der Waals surface area contributed by atoms with Gasteiger partial charge in [-0.15, -0.1) is 21.5 Å². The summed E-state index contributed by atoms with van der Waals surface area (Å²) in [6, 6.07) is 4.05. The smallest absolute Gasteiger partial charge is 0.295 e. The van der Waals surface area contributed by atoms with Gasteiger partial charge in [0.25, 0.3) is 11.7 Å². The highest BCUT2D eigenvalue weighted by Crippen LogP contribution is 2.09. The first-order valence-corrected chi connectivity index (χ1v) is 5.66. The molecule has 0 saturated heterocycles. The van der Waals surface area contributed by atoms with Crippen molar-refractivity contribution >= 4 is 17.2 Å². The van der Waals surface area contributed by atoms with Crippen molar-refractivity contribution in [2.45, 2.75) is 6.42 Å². The Kier molecular flexibility index (Phi) is 3.25. The number of nitrogens with zero attached hydrogens (tertiary/aromatic N) is 4. The van der Waals surface area contributed by atoms with Gasteiger partial charge in [-0.25, -0.2) is 0 Å². The van der Waals surface area contributed by atoms with Gasteiger partial charge >= 0.3 is 0 Å². The van der Waals surface area contributed by atoms with Crippen molar-refractivity contribution in [3.63, 3.8) is 0 Å². The highest BCUT2D eigenvalue weighted by Gasteiger charge is 2.15. The first-order valence-electron chi connectivity index (χ1n) is 4.78. The van der Waals surface area contributed by atoms with Gasteiger partial charge in [0.1, 0.15) is 0 Å². The van der Waals surface area contributed by atoms with E-state index in [0.29, 0.717) is 6.54 Å². The number of aromatic amines is 1. The van der Waals surface area contributed by atoms with Crippen LogP contribution in [-0.2, 0) is 6.42 Å². The maximum Gasteiger partial charge on any atom is 0.295 e. The van der Waals surface area contributed by atoms with E-state index >= 15 is 0 Å². The molecule has 2 aromatic heterocycles. The quantitative estimate of drug-likeness (QED) is 0.843. The van der Waals surface area contributed by atoms with Gasteiger partial charge in [0.05, 0.1) is 0 Å². The highest BCUT2D eigenvalue weighted by atomic mass is 32.1. The number of amides is 1. The van der Waals surface area contributed by atoms with Crippen LogP contribution in [-0.4, -0.2) is 45.0 Å². The molecular weight excluding hydrogens is 226 g/mol. The molecule has 1 N–H and O–H groups in total. The van der Waals surface area contributed by atoms with Crippen molar-refractivity contribution < 1.29 is 4.79 Å². The number of aromatic nitrogens is 4. The topological polar surface area (TPSA) is 74.8 Å². The average molecular weight is 237 g/mol. The summed E-state index contributed by atoms with van der Waals surface area (Å²) in [5, 5.41) is 14.9. The number of likely N-dealkylation sites (N-methyl/N-ethyl adjacent to an activating group) is 1. The lowest BCUT2D eigenvalue weighted by molar-refractivity contribution is 0.0785. The van der Waals surface area contributed by atoms with Crippen LogP contribution in [0.2, 0.25) is 0 Å². The second kappa shape index (κ2) is 4.84. The van der Waals surface area contributed by atoms with E-state index < -0.39 is 0 Å². The van der Waals surface area contributed by atoms with E-state index in [2.05, 4.69) is 26.7 Å². The second-order valence-electron chi connectivity index (χ2n) is 3.29. The summed E-state index contributed by atoms with van der Waals surface area (Å²) >= 11 is 1.69. The number of H-pyrrole nitrogens is 1. The molecule has 16 heavy (non-hydrogen) atoms. The molecule has 2 heterocycles. The SMILES string of the molecule is CN(CCc1cccs1)C(=O)c1nn[nH]n1. The summed E-state index contributed by atoms with van der Waals surface area (Å²) in [4.78, 5) is 14.6. The predicted molar refractivity (Wildman–Crippen MR) is 59.2 cm³/mol. The molecule has 1 amide bonds. The van der Waals surface area contributed by atoms with Crippen LogP contribution in [0.1, 0.15) is 15.5 Å². The molecular formula is C9H11N5OS. The van der Waals surface area contributed by atoms with Gasteiger partial charge in [-0.3, -0.25) is 4.79 Å². The van der Waals surface area contributed by atoms with Gasteiger partial charge in [-0.05, 0) is 23.1 Å². The zero-order chi connectivity index (χ0) is 11.4. The fourth-order valence-electron chi connectivity index (χ4n) is 1.26. The summed E-state index contributed by atoms with van der Waals surface area (Å²) in [6.45, 7) is 0.647. The molecule has 0 fully saturated rings. The molecule has 84 valence electrons. The number of hydrogen-bond donors (Lipinski definition) is 1. The Bertz CT molecular complexity index is 438. The van der Waals surface area contributed by atoms with Crippen molar-refractivity contribution in [2.24, 2.45) is 0 Å². The lowest BCUT2D eigenvalue weighted by atomic mass is 10.3. The monoisotopic (exact) mass is 237 g/mol. The van der Waals surface area contributed by atoms with Crippen LogP contribution < -0.4 is 0 Å². The Morgan fingerprint density at radius 2 is 2.50 bits per heavy atom. The molecule has 0 aliphatic carbocycles. The molecule has 0 aromatic carbocycles. The van der Waals surface area contributed by atoms with Gasteiger partial charge in [0.2, 0.25) is 0 Å². The van der Waals surface area contributed by atoms with Crippen molar-refractivity contribution in [3.8, 4) is 0 Å². The maximum absolute atomic E-state index is 11.7. The molecule has 6 nitrogen and oxygen atoms in total. The molecule has 0 atom stereocenters. The van der Waals surface area contributed by atoms with Gasteiger partial charge < -0.3 is 4.90 Å². The van der Waals surface area contributed by atoms with Crippen LogP contribution in [0.4, 0.5) is 0 Å². The number of rotatable bonds is 4. The number of carbonyl (C=O) groups excluding carboxylic acids is 1. The van der Waals surface area contributed by atoms with Crippen LogP contribution in [0.25, 0.3) is 0 Å². The summed E-state index contributed by atoms with van der Waals surface area (Å²) in [7, 11) is 1.73. The minimum absolute atomic E-state index is 0.105. The van der Waals surface area contributed by atoms with E-state index in [1.807, 2.05) is 11.4 Å². The Morgan fingerprint density at radius 1 is 1.62 bits per heavy atom. The van der Waals surface area contributed by atoms with E-state index in [-0.39, 0.29) is 11.7 Å². The Balaban J connectivity index is 1.89. The average Bonchev–Trinajstić information content (AvgIpc) is 2.96. The molecule has 2 rings (SSSR count). The standard InChI is InChI=1S/C9H11N5OS/c1-14(5-4-7-3-2-6-16-7)9(15)8-10-12-13-11-8/h2-3,6H,4-5H2,1H3,(H,10,11,12,13). The molecule has 0 aliphatic heterocycles. The minimum atomic E-state index is -0.217. The first-order chi connectivity index (χ1) is 7.77. The van der Waals surface area contributed by atoms with Crippen molar-refractivity contribution in [3.05, 3.63) is 28.2 Å². The van der Waals surface area contributed by atoms with E-state index in [1.165, 1.54) is 4.88 Å². The zero-order valence-electron chi connectivity index (χ0n) is 8.75. The van der Waals surface area contributed by atoms with E-state index in [4.69, 9.17) is 0 Å². The number of tetrazole rings is 1. The Hall–Kier alpha value is -1.76. The molecule has 0 saturated carbocycles. The lowest BCUT2D eigenvalue weighted by Gasteiger charge is -2.13. The normalized spacial score (nSPS) is 10.3. The second-order valence-corrected chi connectivity index (χ2v) is 4.32. The fourth-order valence-corrected chi connectivity index (χ4v) is 1.96. The van der Waals surface area contributed by atoms with E-state index in [9.17, 15) is 4.79 Å². The predicted octanol–water partition coefficient (Wildman–Crippen LogP) is 0.576. The van der Waals surface area contributed by atoms with Crippen LogP contribution >= 0.6 is 11.3 Å². The summed E-state index contributed by atoms with van der Waals surface area (Å²) < 4.78 is 0. The van der Waals surface area contributed by atoms with Gasteiger partial charge in [-0.1, -0.05) is 6.07 Å². The Labute approximate surface area is 96.3 Å². The minimum Gasteiger partial charge on any atom is -0.339 e. The zero-order valence-corrected chi connectivity index (χ0v) is 9.57. The third kappa shape index (κ3) is 2.43. The van der Waals surface area contributed by atoms with Gasteiger partial charge in [0, 0.05) is 18.5 Å². The Morgan fingerprint density at radius 3 is 3.12 bits per heavy atom. The van der Waals surface area contributed by atoms with Gasteiger partial charge in [0.15, 0.2) is 0 Å². The number of carbonyl (C=O) groups is 1. The molecule has 7 heteroatoms. The van der Waals surface area contributed by atoms with E-state index in [1.54, 1.807) is 23.3 Å². The molecule has 0 spiro atoms. The first kappa shape index (κ1) is 10.7. The number of nitrogens with one attached hydrogen (secondary N) is 1. The van der Waals surface area contributed by atoms with Crippen molar-refractivity contribution in [2.75, 3.05) is 13.6 Å². The van der Waals surface area contributed by atoms with Gasteiger partial charge in [-0.2, -0.15) is 5.21 Å². The third-order valence-corrected chi connectivity index (χ3v) is 3.09. The molecule has 0 aliphatic rings. The molecule has 0 radical (unpaired) electrons. The van der Waals surface area contributed by atoms with E-state index in [0.717, 1.165) is 6.42 Å². The molecule has 2 aromatic rings. The summed E-state index contributed by atoms with van der Waals surface area (Å²) in [6.07, 6.45) is 0.845. The van der Waals surface area contributed by atoms with Crippen molar-refractivity contribution in [1.29, 1.82) is 0 Å². The molecule has 0 unspecified atom stereocenters. The van der Waals surface area contributed by atoms with Crippen LogP contribution in [0, 0.1) is 0 Å². The largest absolute Gasteiger partial charge is 0.339 e. The number of thiophene rings is 1. The summed E-state index contributed by atoms with van der Waals surface area (Å²) in [5.74, 6) is -0.112. The summed E-state index contributed by atoms with van der Waals surface area (Å²) in [5.41, 5.74) is 0.